The van der Waals surface area contributed by atoms with Crippen LogP contribution in [0.15, 0.2) is 30.3 Å². The van der Waals surface area contributed by atoms with Crippen LogP contribution in [0.1, 0.15) is 31.2 Å². The molecular formula is C17H24N2O3S. The summed E-state index contributed by atoms with van der Waals surface area (Å²) in [7, 11) is -2.97. The van der Waals surface area contributed by atoms with Crippen molar-refractivity contribution in [1.29, 1.82) is 0 Å². The topological polar surface area (TPSA) is 66.5 Å². The zero-order valence-electron chi connectivity index (χ0n) is 13.3. The van der Waals surface area contributed by atoms with Crippen LogP contribution in [0.4, 0.5) is 4.79 Å². The minimum atomic E-state index is -2.97. The number of urea groups is 1. The van der Waals surface area contributed by atoms with Crippen LogP contribution in [-0.2, 0) is 16.3 Å². The van der Waals surface area contributed by atoms with E-state index in [4.69, 9.17) is 0 Å². The molecule has 0 aliphatic carbocycles. The van der Waals surface area contributed by atoms with Gasteiger partial charge in [-0.3, -0.25) is 0 Å². The summed E-state index contributed by atoms with van der Waals surface area (Å²) in [5, 5.41) is 2.93. The number of sulfone groups is 1. The molecule has 1 aromatic rings. The number of rotatable bonds is 3. The number of hydrogen-bond acceptors (Lipinski definition) is 3. The van der Waals surface area contributed by atoms with E-state index in [2.05, 4.69) is 17.4 Å². The highest BCUT2D eigenvalue weighted by molar-refractivity contribution is 7.91. The normalized spacial score (nSPS) is 26.9. The predicted molar refractivity (Wildman–Crippen MR) is 90.1 cm³/mol. The molecule has 2 heterocycles. The molecule has 126 valence electrons. The first kappa shape index (κ1) is 16.3. The lowest BCUT2D eigenvalue weighted by Crippen LogP contribution is -2.52. The number of carbonyl (C=O) groups is 1. The van der Waals surface area contributed by atoms with Crippen LogP contribution < -0.4 is 5.32 Å². The Morgan fingerprint density at radius 1 is 1.17 bits per heavy atom. The lowest BCUT2D eigenvalue weighted by Gasteiger charge is -2.36. The number of benzene rings is 1. The molecule has 0 spiro atoms. The standard InChI is InChI=1S/C17H24N2O3S/c20-17(18-15-9-11-23(21,22)13-15)19-10-5-4-8-16(19)12-14-6-2-1-3-7-14/h1-3,6-7,15-16H,4-5,8-13H2,(H,18,20)/t15-,16+/m0/s1. The fraction of sp³-hybridized carbons (Fsp3) is 0.588. The molecule has 5 nitrogen and oxygen atoms in total. The van der Waals surface area contributed by atoms with Crippen LogP contribution in [0.3, 0.4) is 0 Å². The Labute approximate surface area is 138 Å². The molecule has 0 radical (unpaired) electrons. The van der Waals surface area contributed by atoms with Gasteiger partial charge < -0.3 is 10.2 Å². The summed E-state index contributed by atoms with van der Waals surface area (Å²) in [6, 6.07) is 10.1. The Morgan fingerprint density at radius 2 is 1.96 bits per heavy atom. The van der Waals surface area contributed by atoms with Crippen molar-refractivity contribution in [2.45, 2.75) is 44.2 Å². The van der Waals surface area contributed by atoms with Gasteiger partial charge in [0, 0.05) is 18.6 Å². The van der Waals surface area contributed by atoms with Crippen LogP contribution in [-0.4, -0.2) is 49.5 Å². The highest BCUT2D eigenvalue weighted by Gasteiger charge is 2.32. The number of hydrogen-bond donors (Lipinski definition) is 1. The Bertz CT molecular complexity index is 645. The van der Waals surface area contributed by atoms with Crippen molar-refractivity contribution in [2.75, 3.05) is 18.1 Å². The number of piperidine rings is 1. The highest BCUT2D eigenvalue weighted by Crippen LogP contribution is 2.21. The maximum absolute atomic E-state index is 12.6. The molecule has 2 atom stereocenters. The molecule has 2 saturated heterocycles. The smallest absolute Gasteiger partial charge is 0.317 e. The summed E-state index contributed by atoms with van der Waals surface area (Å²) in [6.45, 7) is 0.753. The van der Waals surface area contributed by atoms with E-state index < -0.39 is 9.84 Å². The molecule has 23 heavy (non-hydrogen) atoms. The van der Waals surface area contributed by atoms with Crippen molar-refractivity contribution in [2.24, 2.45) is 0 Å². The third-order valence-electron chi connectivity index (χ3n) is 4.76. The van der Waals surface area contributed by atoms with Gasteiger partial charge in [-0.1, -0.05) is 30.3 Å². The van der Waals surface area contributed by atoms with Crippen molar-refractivity contribution in [3.63, 3.8) is 0 Å². The van der Waals surface area contributed by atoms with Crippen molar-refractivity contribution in [3.05, 3.63) is 35.9 Å². The molecule has 2 amide bonds. The molecule has 1 N–H and O–H groups in total. The van der Waals surface area contributed by atoms with Gasteiger partial charge in [-0.25, -0.2) is 13.2 Å². The second-order valence-electron chi connectivity index (χ2n) is 6.58. The molecule has 2 fully saturated rings. The van der Waals surface area contributed by atoms with E-state index >= 15 is 0 Å². The molecule has 2 aliphatic rings. The van der Waals surface area contributed by atoms with E-state index in [1.807, 2.05) is 23.1 Å². The van der Waals surface area contributed by atoms with Crippen LogP contribution in [0, 0.1) is 0 Å². The summed E-state index contributed by atoms with van der Waals surface area (Å²) in [5.74, 6) is 0.265. The fourth-order valence-electron chi connectivity index (χ4n) is 3.53. The molecule has 1 aromatic carbocycles. The predicted octanol–water partition coefficient (Wildman–Crippen LogP) is 1.98. The van der Waals surface area contributed by atoms with E-state index in [1.165, 1.54) is 5.56 Å². The minimum absolute atomic E-state index is 0.0793. The third-order valence-corrected chi connectivity index (χ3v) is 6.53. The van der Waals surface area contributed by atoms with Crippen molar-refractivity contribution in [3.8, 4) is 0 Å². The highest BCUT2D eigenvalue weighted by atomic mass is 32.2. The van der Waals surface area contributed by atoms with Crippen LogP contribution in [0.25, 0.3) is 0 Å². The van der Waals surface area contributed by atoms with E-state index in [-0.39, 0.29) is 29.6 Å². The van der Waals surface area contributed by atoms with E-state index in [9.17, 15) is 13.2 Å². The Morgan fingerprint density at radius 3 is 2.65 bits per heavy atom. The average Bonchev–Trinajstić information content (AvgIpc) is 2.87. The first-order valence-electron chi connectivity index (χ1n) is 8.35. The van der Waals surface area contributed by atoms with Crippen LogP contribution >= 0.6 is 0 Å². The van der Waals surface area contributed by atoms with Gasteiger partial charge in [0.2, 0.25) is 0 Å². The summed E-state index contributed by atoms with van der Waals surface area (Å²) < 4.78 is 23.1. The summed E-state index contributed by atoms with van der Waals surface area (Å²) in [6.07, 6.45) is 4.55. The molecule has 0 unspecified atom stereocenters. The van der Waals surface area contributed by atoms with Crippen LogP contribution in [0.2, 0.25) is 0 Å². The second kappa shape index (κ2) is 6.91. The maximum Gasteiger partial charge on any atom is 0.317 e. The molecule has 0 aromatic heterocycles. The van der Waals surface area contributed by atoms with Gasteiger partial charge in [-0.2, -0.15) is 0 Å². The number of nitrogens with zero attached hydrogens (tertiary/aromatic N) is 1. The van der Waals surface area contributed by atoms with Gasteiger partial charge in [-0.05, 0) is 37.7 Å². The fourth-order valence-corrected chi connectivity index (χ4v) is 5.21. The van der Waals surface area contributed by atoms with Crippen molar-refractivity contribution in [1.82, 2.24) is 10.2 Å². The van der Waals surface area contributed by atoms with Gasteiger partial charge in [-0.15, -0.1) is 0 Å². The van der Waals surface area contributed by atoms with Gasteiger partial charge in [0.05, 0.1) is 11.5 Å². The quantitative estimate of drug-likeness (QED) is 0.918. The van der Waals surface area contributed by atoms with Gasteiger partial charge >= 0.3 is 6.03 Å². The van der Waals surface area contributed by atoms with E-state index in [0.29, 0.717) is 6.42 Å². The molecule has 6 heteroatoms. The molecule has 0 saturated carbocycles. The zero-order chi connectivity index (χ0) is 16.3. The summed E-state index contributed by atoms with van der Waals surface area (Å²) >= 11 is 0. The summed E-state index contributed by atoms with van der Waals surface area (Å²) in [4.78, 5) is 14.5. The van der Waals surface area contributed by atoms with E-state index in [1.54, 1.807) is 0 Å². The number of carbonyl (C=O) groups excluding carboxylic acids is 1. The average molecular weight is 336 g/mol. The van der Waals surface area contributed by atoms with Gasteiger partial charge in [0.15, 0.2) is 9.84 Å². The van der Waals surface area contributed by atoms with Crippen molar-refractivity contribution < 1.29 is 13.2 Å². The molecule has 0 bridgehead atoms. The minimum Gasteiger partial charge on any atom is -0.334 e. The zero-order valence-corrected chi connectivity index (χ0v) is 14.1. The second-order valence-corrected chi connectivity index (χ2v) is 8.81. The van der Waals surface area contributed by atoms with E-state index in [0.717, 1.165) is 32.2 Å². The Hall–Kier alpha value is -1.56. The number of amides is 2. The number of nitrogens with one attached hydrogen (secondary N) is 1. The van der Waals surface area contributed by atoms with Gasteiger partial charge in [0.1, 0.15) is 0 Å². The third kappa shape index (κ3) is 4.25. The SMILES string of the molecule is O=C(N[C@H]1CCS(=O)(=O)C1)N1CCCC[C@@H]1Cc1ccccc1. The van der Waals surface area contributed by atoms with Crippen molar-refractivity contribution >= 4 is 15.9 Å². The first-order chi connectivity index (χ1) is 11.0. The molecule has 2 aliphatic heterocycles. The van der Waals surface area contributed by atoms with Crippen LogP contribution in [0.5, 0.6) is 0 Å². The lowest BCUT2D eigenvalue weighted by molar-refractivity contribution is 0.148. The first-order valence-corrected chi connectivity index (χ1v) is 10.2. The number of likely N-dealkylation sites (tertiary alicyclic amines) is 1. The Kier molecular flexibility index (Phi) is 4.90. The van der Waals surface area contributed by atoms with Gasteiger partial charge in [0.25, 0.3) is 0 Å². The lowest BCUT2D eigenvalue weighted by atomic mass is 9.96. The Balaban J connectivity index is 1.62. The largest absolute Gasteiger partial charge is 0.334 e. The monoisotopic (exact) mass is 336 g/mol. The molecule has 3 rings (SSSR count). The molecular weight excluding hydrogens is 312 g/mol. The summed E-state index contributed by atoms with van der Waals surface area (Å²) in [5.41, 5.74) is 1.24. The maximum atomic E-state index is 12.6.